The van der Waals surface area contributed by atoms with Crippen molar-refractivity contribution >= 4 is 18.1 Å². The summed E-state index contributed by atoms with van der Waals surface area (Å²) in [6, 6.07) is 1.56. The summed E-state index contributed by atoms with van der Waals surface area (Å²) in [5.41, 5.74) is 0.521. The Morgan fingerprint density at radius 2 is 1.87 bits per heavy atom. The Morgan fingerprint density at radius 3 is 2.27 bits per heavy atom. The average molecular weight is 212 g/mol. The molecule has 1 rings (SSSR count). The van der Waals surface area contributed by atoms with Gasteiger partial charge < -0.3 is 15.2 Å². The summed E-state index contributed by atoms with van der Waals surface area (Å²) in [6.45, 7) is 0. The maximum atomic E-state index is 11.2. The number of hydrogen-bond acceptors (Lipinski definition) is 3. The van der Waals surface area contributed by atoms with E-state index in [0.717, 1.165) is 0 Å². The molecule has 0 unspecified atom stereocenters. The van der Waals surface area contributed by atoms with Crippen LogP contribution in [0.3, 0.4) is 0 Å². The van der Waals surface area contributed by atoms with Gasteiger partial charge in [0.15, 0.2) is 0 Å². The topological polar surface area (TPSA) is 111 Å². The molecule has 15 heavy (non-hydrogen) atoms. The van der Waals surface area contributed by atoms with Gasteiger partial charge in [-0.25, -0.2) is 9.59 Å². The Morgan fingerprint density at radius 1 is 1.27 bits per heavy atom. The minimum atomic E-state index is -1.80. The van der Waals surface area contributed by atoms with Gasteiger partial charge in [-0.2, -0.15) is 0 Å². The van der Waals surface area contributed by atoms with Crippen LogP contribution in [-0.4, -0.2) is 38.2 Å². The Balaban J connectivity index is 2.74. The Hall–Kier alpha value is -2.31. The van der Waals surface area contributed by atoms with Crippen LogP contribution in [0.5, 0.6) is 0 Å². The molecule has 0 saturated heterocycles. The van der Waals surface area contributed by atoms with E-state index in [4.69, 9.17) is 10.2 Å². The van der Waals surface area contributed by atoms with Crippen molar-refractivity contribution in [1.82, 2.24) is 9.88 Å². The maximum absolute atomic E-state index is 11.2. The second kappa shape index (κ2) is 4.27. The van der Waals surface area contributed by atoms with Crippen molar-refractivity contribution in [2.24, 2.45) is 0 Å². The Labute approximate surface area is 83.9 Å². The van der Waals surface area contributed by atoms with Gasteiger partial charge in [0.25, 0.3) is 0 Å². The predicted octanol–water partition coefficient (Wildman–Crippen LogP) is 0.742. The molecule has 80 valence electrons. The summed E-state index contributed by atoms with van der Waals surface area (Å²) < 4.78 is 0. The van der Waals surface area contributed by atoms with E-state index < -0.39 is 18.1 Å². The molecular weight excluding hydrogens is 204 g/mol. The lowest BCUT2D eigenvalue weighted by Gasteiger charge is -2.10. The third kappa shape index (κ3) is 2.56. The molecule has 0 radical (unpaired) electrons. The molecule has 7 heteroatoms. The number of aromatic nitrogens is 1. The van der Waals surface area contributed by atoms with Crippen LogP contribution >= 0.6 is 0 Å². The van der Waals surface area contributed by atoms with Crippen molar-refractivity contribution < 1.29 is 24.6 Å². The monoisotopic (exact) mass is 212 g/mol. The minimum absolute atomic E-state index is 0.243. The first-order chi connectivity index (χ1) is 7.02. The lowest BCUT2D eigenvalue weighted by molar-refractivity contribution is -0.126. The first-order valence-electron chi connectivity index (χ1n) is 3.93. The number of carbonyl (C=O) groups is 3. The van der Waals surface area contributed by atoms with Crippen LogP contribution < -0.4 is 0 Å². The van der Waals surface area contributed by atoms with Gasteiger partial charge in [0, 0.05) is 12.4 Å². The SMILES string of the molecule is O=C(O)N(C(=O)O)C(=O)Cc1cc[nH]c1. The summed E-state index contributed by atoms with van der Waals surface area (Å²) in [6.07, 6.45) is -0.845. The Kier molecular flexibility index (Phi) is 3.06. The quantitative estimate of drug-likeness (QED) is 0.669. The van der Waals surface area contributed by atoms with Crippen LogP contribution in [0.15, 0.2) is 18.5 Å². The molecule has 0 aliphatic rings. The number of carbonyl (C=O) groups excluding carboxylic acids is 1. The van der Waals surface area contributed by atoms with E-state index in [2.05, 4.69) is 4.98 Å². The van der Waals surface area contributed by atoms with Crippen molar-refractivity contribution in [3.63, 3.8) is 0 Å². The van der Waals surface area contributed by atoms with E-state index >= 15 is 0 Å². The highest BCUT2D eigenvalue weighted by molar-refractivity contribution is 6.05. The van der Waals surface area contributed by atoms with Gasteiger partial charge in [-0.05, 0) is 11.6 Å². The van der Waals surface area contributed by atoms with Gasteiger partial charge in [-0.15, -0.1) is 4.90 Å². The highest BCUT2D eigenvalue weighted by Gasteiger charge is 2.27. The minimum Gasteiger partial charge on any atom is -0.464 e. The number of carboxylic acid groups (broad SMARTS) is 2. The van der Waals surface area contributed by atoms with Crippen LogP contribution in [0.2, 0.25) is 0 Å². The number of H-pyrrole nitrogens is 1. The molecule has 0 aliphatic carbocycles. The third-order valence-corrected chi connectivity index (χ3v) is 1.65. The van der Waals surface area contributed by atoms with Crippen LogP contribution in [0.25, 0.3) is 0 Å². The largest absolute Gasteiger partial charge is 0.464 e. The number of amides is 3. The van der Waals surface area contributed by atoms with Gasteiger partial charge >= 0.3 is 12.2 Å². The van der Waals surface area contributed by atoms with E-state index in [1.165, 1.54) is 6.20 Å². The normalized spacial score (nSPS) is 9.60. The molecule has 3 N–H and O–H groups in total. The zero-order valence-corrected chi connectivity index (χ0v) is 7.51. The molecule has 0 saturated carbocycles. The highest BCUT2D eigenvalue weighted by Crippen LogP contribution is 2.02. The zero-order valence-electron chi connectivity index (χ0n) is 7.51. The highest BCUT2D eigenvalue weighted by atomic mass is 16.4. The van der Waals surface area contributed by atoms with E-state index in [1.807, 2.05) is 0 Å². The van der Waals surface area contributed by atoms with E-state index in [0.29, 0.717) is 5.56 Å². The van der Waals surface area contributed by atoms with Crippen LogP contribution in [0, 0.1) is 0 Å². The fraction of sp³-hybridized carbons (Fsp3) is 0.125. The standard InChI is InChI=1S/C8H8N2O5/c11-6(3-5-1-2-9-4-5)10(7(12)13)8(14)15/h1-2,4,9H,3H2,(H,12,13)(H,14,15). The van der Waals surface area contributed by atoms with Crippen molar-refractivity contribution in [1.29, 1.82) is 0 Å². The van der Waals surface area contributed by atoms with Gasteiger partial charge in [-0.3, -0.25) is 4.79 Å². The Bertz CT molecular complexity index is 370. The molecule has 0 bridgehead atoms. The first-order valence-corrected chi connectivity index (χ1v) is 3.93. The summed E-state index contributed by atoms with van der Waals surface area (Å²) in [5, 5.41) is 16.9. The second-order valence-corrected chi connectivity index (χ2v) is 2.69. The summed E-state index contributed by atoms with van der Waals surface area (Å²) in [7, 11) is 0. The molecule has 1 aromatic rings. The first kappa shape index (κ1) is 10.8. The molecule has 0 spiro atoms. The van der Waals surface area contributed by atoms with Crippen molar-refractivity contribution in [3.8, 4) is 0 Å². The van der Waals surface area contributed by atoms with Crippen molar-refractivity contribution in [2.75, 3.05) is 0 Å². The fourth-order valence-corrected chi connectivity index (χ4v) is 1.02. The summed E-state index contributed by atoms with van der Waals surface area (Å²) in [4.78, 5) is 34.5. The molecule has 1 aromatic heterocycles. The van der Waals surface area contributed by atoms with E-state index in [1.54, 1.807) is 12.3 Å². The molecule has 3 amide bonds. The summed E-state index contributed by atoms with van der Waals surface area (Å²) >= 11 is 0. The molecule has 1 heterocycles. The molecule has 7 nitrogen and oxygen atoms in total. The predicted molar refractivity (Wildman–Crippen MR) is 47.4 cm³/mol. The molecule has 0 aromatic carbocycles. The number of hydrogen-bond donors (Lipinski definition) is 3. The average Bonchev–Trinajstić information content (AvgIpc) is 2.54. The van der Waals surface area contributed by atoms with Crippen molar-refractivity contribution in [3.05, 3.63) is 24.0 Å². The van der Waals surface area contributed by atoms with Gasteiger partial charge in [-0.1, -0.05) is 0 Å². The summed E-state index contributed by atoms with van der Waals surface area (Å²) in [5.74, 6) is -1.01. The number of imide groups is 3. The number of nitrogens with zero attached hydrogens (tertiary/aromatic N) is 1. The molecule has 0 aliphatic heterocycles. The second-order valence-electron chi connectivity index (χ2n) is 2.69. The fourth-order valence-electron chi connectivity index (χ4n) is 1.02. The van der Waals surface area contributed by atoms with Gasteiger partial charge in [0.2, 0.25) is 5.91 Å². The third-order valence-electron chi connectivity index (χ3n) is 1.65. The number of aromatic amines is 1. The smallest absolute Gasteiger partial charge is 0.423 e. The zero-order chi connectivity index (χ0) is 11.4. The van der Waals surface area contributed by atoms with Gasteiger partial charge in [0.05, 0.1) is 6.42 Å². The van der Waals surface area contributed by atoms with Crippen LogP contribution in [0.4, 0.5) is 9.59 Å². The number of nitrogens with one attached hydrogen (secondary N) is 1. The van der Waals surface area contributed by atoms with Crippen LogP contribution in [0.1, 0.15) is 5.56 Å². The number of rotatable bonds is 2. The molecule has 0 fully saturated rings. The molecule has 0 atom stereocenters. The lowest BCUT2D eigenvalue weighted by atomic mass is 10.2. The lowest BCUT2D eigenvalue weighted by Crippen LogP contribution is -2.40. The molecular formula is C8H8N2O5. The van der Waals surface area contributed by atoms with Crippen LogP contribution in [-0.2, 0) is 11.2 Å². The van der Waals surface area contributed by atoms with Gasteiger partial charge in [0.1, 0.15) is 0 Å². The van der Waals surface area contributed by atoms with Crippen molar-refractivity contribution in [2.45, 2.75) is 6.42 Å². The maximum Gasteiger partial charge on any atom is 0.423 e. The van der Waals surface area contributed by atoms with E-state index in [-0.39, 0.29) is 11.3 Å². The van der Waals surface area contributed by atoms with E-state index in [9.17, 15) is 14.4 Å².